The summed E-state index contributed by atoms with van der Waals surface area (Å²) in [6.45, 7) is 3.66. The van der Waals surface area contributed by atoms with E-state index in [0.717, 1.165) is 22.3 Å². The average Bonchev–Trinajstić information content (AvgIpc) is 3.13. The number of benzene rings is 3. The number of ether oxygens (including phenoxy) is 1. The van der Waals surface area contributed by atoms with E-state index >= 15 is 0 Å². The fraction of sp³-hybridized carbons (Fsp3) is 0.222. The third kappa shape index (κ3) is 5.38. The Bertz CT molecular complexity index is 1260. The number of rotatable bonds is 7. The van der Waals surface area contributed by atoms with Crippen molar-refractivity contribution in [3.63, 3.8) is 0 Å². The number of fused-ring (bicyclic) bond motifs is 3. The number of aromatic carboxylic acids is 1. The fourth-order valence-corrected chi connectivity index (χ4v) is 4.97. The lowest BCUT2D eigenvalue weighted by Gasteiger charge is -2.17. The standard InChI is InChI=1S/C27H25BrN2O5/c1-15-11-23(28)21(26(32)33)13-24(15)30-25(31)12-16(2)29-27(34)35-14-22-19-9-5-3-7-17(19)18-8-4-6-10-20(18)22/h3-11,13,16,22H,12,14H2,1-2H3,(H,29,34)(H,30,31)(H,32,33)/t16-/m0/s1. The van der Waals surface area contributed by atoms with Crippen LogP contribution in [0.4, 0.5) is 10.5 Å². The van der Waals surface area contributed by atoms with Crippen molar-refractivity contribution in [3.8, 4) is 11.1 Å². The van der Waals surface area contributed by atoms with Gasteiger partial charge in [-0.3, -0.25) is 4.79 Å². The van der Waals surface area contributed by atoms with Gasteiger partial charge in [-0.05, 0) is 69.7 Å². The summed E-state index contributed by atoms with van der Waals surface area (Å²) in [5, 5.41) is 14.7. The van der Waals surface area contributed by atoms with Crippen LogP contribution in [0.15, 0.2) is 65.1 Å². The van der Waals surface area contributed by atoms with Gasteiger partial charge < -0.3 is 20.5 Å². The highest BCUT2D eigenvalue weighted by molar-refractivity contribution is 9.10. The van der Waals surface area contributed by atoms with E-state index in [1.165, 1.54) is 6.07 Å². The summed E-state index contributed by atoms with van der Waals surface area (Å²) in [5.41, 5.74) is 5.72. The Balaban J connectivity index is 1.32. The van der Waals surface area contributed by atoms with Gasteiger partial charge in [-0.2, -0.15) is 0 Å². The van der Waals surface area contributed by atoms with Crippen LogP contribution in [0, 0.1) is 6.92 Å². The Morgan fingerprint density at radius 3 is 2.23 bits per heavy atom. The van der Waals surface area contributed by atoms with Gasteiger partial charge in [0.25, 0.3) is 0 Å². The monoisotopic (exact) mass is 536 g/mol. The first-order valence-electron chi connectivity index (χ1n) is 11.2. The summed E-state index contributed by atoms with van der Waals surface area (Å²) in [4.78, 5) is 36.3. The van der Waals surface area contributed by atoms with Gasteiger partial charge in [-0.15, -0.1) is 0 Å². The van der Waals surface area contributed by atoms with Crippen LogP contribution in [0.3, 0.4) is 0 Å². The molecule has 3 N–H and O–H groups in total. The van der Waals surface area contributed by atoms with Crippen LogP contribution in [0.1, 0.15) is 46.3 Å². The van der Waals surface area contributed by atoms with Crippen molar-refractivity contribution in [2.45, 2.75) is 32.2 Å². The van der Waals surface area contributed by atoms with Gasteiger partial charge in [-0.1, -0.05) is 48.5 Å². The van der Waals surface area contributed by atoms with Crippen molar-refractivity contribution in [1.82, 2.24) is 5.32 Å². The molecular formula is C27H25BrN2O5. The van der Waals surface area contributed by atoms with Gasteiger partial charge in [0.1, 0.15) is 6.61 Å². The molecule has 1 atom stereocenters. The van der Waals surface area contributed by atoms with Gasteiger partial charge in [-0.25, -0.2) is 9.59 Å². The summed E-state index contributed by atoms with van der Waals surface area (Å²) in [5.74, 6) is -1.49. The number of hydrogen-bond acceptors (Lipinski definition) is 4. The second-order valence-electron chi connectivity index (χ2n) is 8.58. The molecule has 0 aliphatic heterocycles. The Labute approximate surface area is 211 Å². The van der Waals surface area contributed by atoms with Crippen LogP contribution in [0.2, 0.25) is 0 Å². The molecule has 0 saturated heterocycles. The number of carboxylic acid groups (broad SMARTS) is 1. The van der Waals surface area contributed by atoms with Crippen molar-refractivity contribution < 1.29 is 24.2 Å². The second kappa shape index (κ2) is 10.3. The van der Waals surface area contributed by atoms with Crippen molar-refractivity contribution >= 4 is 39.6 Å². The number of amides is 2. The lowest BCUT2D eigenvalue weighted by molar-refractivity contribution is -0.116. The zero-order valence-corrected chi connectivity index (χ0v) is 20.9. The number of aryl methyl sites for hydroxylation is 1. The topological polar surface area (TPSA) is 105 Å². The second-order valence-corrected chi connectivity index (χ2v) is 9.43. The maximum atomic E-state index is 12.5. The molecule has 2 amide bonds. The Morgan fingerprint density at radius 1 is 1.03 bits per heavy atom. The molecule has 0 bridgehead atoms. The van der Waals surface area contributed by atoms with Crippen LogP contribution in [0.25, 0.3) is 11.1 Å². The third-order valence-electron chi connectivity index (χ3n) is 6.02. The molecule has 0 unspecified atom stereocenters. The highest BCUT2D eigenvalue weighted by Gasteiger charge is 2.29. The smallest absolute Gasteiger partial charge is 0.407 e. The Morgan fingerprint density at radius 2 is 1.63 bits per heavy atom. The molecule has 0 radical (unpaired) electrons. The number of alkyl carbamates (subject to hydrolysis) is 1. The third-order valence-corrected chi connectivity index (χ3v) is 6.67. The van der Waals surface area contributed by atoms with Crippen molar-refractivity contribution in [1.29, 1.82) is 0 Å². The number of halogens is 1. The quantitative estimate of drug-likeness (QED) is 0.358. The van der Waals surface area contributed by atoms with Crippen LogP contribution in [-0.4, -0.2) is 35.7 Å². The largest absolute Gasteiger partial charge is 0.478 e. The van der Waals surface area contributed by atoms with Crippen LogP contribution in [-0.2, 0) is 9.53 Å². The first-order valence-corrected chi connectivity index (χ1v) is 12.0. The van der Waals surface area contributed by atoms with Crippen molar-refractivity contribution in [2.24, 2.45) is 0 Å². The SMILES string of the molecule is Cc1cc(Br)c(C(=O)O)cc1NC(=O)C[C@H](C)NC(=O)OCC1c2ccccc2-c2ccccc21. The van der Waals surface area contributed by atoms with E-state index < -0.39 is 18.1 Å². The molecule has 1 aliphatic carbocycles. The van der Waals surface area contributed by atoms with Gasteiger partial charge in [0.05, 0.1) is 5.56 Å². The van der Waals surface area contributed by atoms with Crippen LogP contribution < -0.4 is 10.6 Å². The first-order chi connectivity index (χ1) is 16.7. The van der Waals surface area contributed by atoms with E-state index in [0.29, 0.717) is 15.7 Å². The van der Waals surface area contributed by atoms with Gasteiger partial charge >= 0.3 is 12.1 Å². The summed E-state index contributed by atoms with van der Waals surface area (Å²) < 4.78 is 5.97. The van der Waals surface area contributed by atoms with Gasteiger partial charge in [0.2, 0.25) is 5.91 Å². The molecule has 8 heteroatoms. The van der Waals surface area contributed by atoms with Crippen LogP contribution in [0.5, 0.6) is 0 Å². The molecule has 35 heavy (non-hydrogen) atoms. The zero-order valence-electron chi connectivity index (χ0n) is 19.3. The molecular weight excluding hydrogens is 512 g/mol. The normalized spacial score (nSPS) is 12.9. The number of carboxylic acids is 1. The van der Waals surface area contributed by atoms with E-state index in [4.69, 9.17) is 4.74 Å². The highest BCUT2D eigenvalue weighted by atomic mass is 79.9. The highest BCUT2D eigenvalue weighted by Crippen LogP contribution is 2.44. The minimum Gasteiger partial charge on any atom is -0.478 e. The minimum atomic E-state index is -1.10. The number of nitrogens with one attached hydrogen (secondary N) is 2. The van der Waals surface area contributed by atoms with E-state index in [-0.39, 0.29) is 30.4 Å². The van der Waals surface area contributed by atoms with Crippen molar-refractivity contribution in [3.05, 3.63) is 87.4 Å². The molecule has 3 aromatic rings. The molecule has 4 rings (SSSR count). The maximum Gasteiger partial charge on any atom is 0.407 e. The van der Waals surface area contributed by atoms with E-state index in [1.54, 1.807) is 19.9 Å². The van der Waals surface area contributed by atoms with Gasteiger partial charge in [0.15, 0.2) is 0 Å². The average molecular weight is 537 g/mol. The molecule has 3 aromatic carbocycles. The summed E-state index contributed by atoms with van der Waals surface area (Å²) in [7, 11) is 0. The van der Waals surface area contributed by atoms with Crippen LogP contribution >= 0.6 is 15.9 Å². The number of carbonyl (C=O) groups excluding carboxylic acids is 2. The number of carbonyl (C=O) groups is 3. The lowest BCUT2D eigenvalue weighted by Crippen LogP contribution is -2.36. The summed E-state index contributed by atoms with van der Waals surface area (Å²) >= 11 is 3.22. The summed E-state index contributed by atoms with van der Waals surface area (Å²) in [6.07, 6.45) is -0.595. The maximum absolute atomic E-state index is 12.5. The minimum absolute atomic E-state index is 0.00209. The molecule has 7 nitrogen and oxygen atoms in total. The molecule has 0 spiro atoms. The molecule has 0 aromatic heterocycles. The molecule has 1 aliphatic rings. The summed E-state index contributed by atoms with van der Waals surface area (Å²) in [6, 6.07) is 18.7. The molecule has 0 fully saturated rings. The van der Waals surface area contributed by atoms with E-state index in [2.05, 4.69) is 38.7 Å². The first kappa shape index (κ1) is 24.5. The number of hydrogen-bond donors (Lipinski definition) is 3. The Hall–Kier alpha value is -3.65. The predicted molar refractivity (Wildman–Crippen MR) is 137 cm³/mol. The molecule has 0 saturated carbocycles. The zero-order chi connectivity index (χ0) is 25.1. The van der Waals surface area contributed by atoms with Crippen molar-refractivity contribution in [2.75, 3.05) is 11.9 Å². The lowest BCUT2D eigenvalue weighted by atomic mass is 9.98. The number of anilines is 1. The molecule has 180 valence electrons. The predicted octanol–water partition coefficient (Wildman–Crippen LogP) is 5.71. The van der Waals surface area contributed by atoms with E-state index in [1.807, 2.05) is 36.4 Å². The van der Waals surface area contributed by atoms with Gasteiger partial charge in [0, 0.05) is 28.5 Å². The van der Waals surface area contributed by atoms with E-state index in [9.17, 15) is 19.5 Å². The molecule has 0 heterocycles. The Kier molecular flexibility index (Phi) is 7.21. The fourth-order valence-electron chi connectivity index (χ4n) is 4.34.